The Labute approximate surface area is 137 Å². The van der Waals surface area contributed by atoms with Crippen LogP contribution in [0.15, 0.2) is 30.3 Å². The number of aryl methyl sites for hydroxylation is 1. The van der Waals surface area contributed by atoms with Crippen LogP contribution in [-0.2, 0) is 13.1 Å². The summed E-state index contributed by atoms with van der Waals surface area (Å²) in [6, 6.07) is 10.2. The largest absolute Gasteiger partial charge is 0.333 e. The Bertz CT molecular complexity index is 713. The molecule has 0 spiro atoms. The number of rotatable bonds is 1. The van der Waals surface area contributed by atoms with Crippen LogP contribution in [0.4, 0.5) is 4.79 Å². The van der Waals surface area contributed by atoms with Gasteiger partial charge < -0.3 is 14.8 Å². The average Bonchev–Trinajstić information content (AvgIpc) is 2.83. The van der Waals surface area contributed by atoms with E-state index in [0.717, 1.165) is 29.3 Å². The first-order chi connectivity index (χ1) is 10.8. The van der Waals surface area contributed by atoms with Crippen LogP contribution in [0.1, 0.15) is 32.2 Å². The number of imidazole rings is 1. The summed E-state index contributed by atoms with van der Waals surface area (Å²) >= 11 is 0. The lowest BCUT2D eigenvalue weighted by Crippen LogP contribution is -2.50. The van der Waals surface area contributed by atoms with Gasteiger partial charge in [0.2, 0.25) is 0 Å². The fourth-order valence-corrected chi connectivity index (χ4v) is 2.91. The van der Waals surface area contributed by atoms with Crippen LogP contribution in [-0.4, -0.2) is 32.6 Å². The van der Waals surface area contributed by atoms with Gasteiger partial charge in [0.1, 0.15) is 5.82 Å². The lowest BCUT2D eigenvalue weighted by Gasteiger charge is -2.32. The monoisotopic (exact) mass is 312 g/mol. The molecule has 2 heterocycles. The number of hydrogen-bond acceptors (Lipinski definition) is 2. The Hall–Kier alpha value is -2.30. The summed E-state index contributed by atoms with van der Waals surface area (Å²) in [5.41, 5.74) is 3.02. The smallest absolute Gasteiger partial charge is 0.318 e. The predicted octanol–water partition coefficient (Wildman–Crippen LogP) is 3.18. The van der Waals surface area contributed by atoms with Gasteiger partial charge in [-0.15, -0.1) is 0 Å². The number of carbonyl (C=O) groups excluding carboxylic acids is 1. The molecule has 0 fully saturated rings. The summed E-state index contributed by atoms with van der Waals surface area (Å²) in [6.07, 6.45) is 0. The van der Waals surface area contributed by atoms with Gasteiger partial charge in [-0.3, -0.25) is 0 Å². The first kappa shape index (κ1) is 15.6. The molecule has 5 heteroatoms. The molecule has 0 bridgehead atoms. The zero-order valence-electron chi connectivity index (χ0n) is 14.3. The molecule has 0 unspecified atom stereocenters. The van der Waals surface area contributed by atoms with Crippen molar-refractivity contribution in [1.29, 1.82) is 0 Å². The van der Waals surface area contributed by atoms with E-state index in [2.05, 4.69) is 22.0 Å². The minimum atomic E-state index is -0.223. The highest BCUT2D eigenvalue weighted by molar-refractivity contribution is 5.75. The topological polar surface area (TPSA) is 50.2 Å². The highest BCUT2D eigenvalue weighted by atomic mass is 16.2. The Morgan fingerprint density at radius 1 is 1.17 bits per heavy atom. The van der Waals surface area contributed by atoms with E-state index < -0.39 is 0 Å². The average molecular weight is 312 g/mol. The van der Waals surface area contributed by atoms with E-state index in [1.54, 1.807) is 0 Å². The molecule has 1 N–H and O–H groups in total. The van der Waals surface area contributed by atoms with Crippen molar-refractivity contribution in [3.63, 3.8) is 0 Å². The van der Waals surface area contributed by atoms with Gasteiger partial charge in [-0.2, -0.15) is 0 Å². The van der Waals surface area contributed by atoms with Crippen molar-refractivity contribution in [3.05, 3.63) is 41.7 Å². The SMILES string of the molecule is Cc1nc(-c2ccccc2)n2c1CN(C(=O)NC(C)(C)C)CC2. The third-order valence-corrected chi connectivity index (χ3v) is 4.01. The normalized spacial score (nSPS) is 14.5. The predicted molar refractivity (Wildman–Crippen MR) is 91.1 cm³/mol. The summed E-state index contributed by atoms with van der Waals surface area (Å²) in [5.74, 6) is 0.994. The summed E-state index contributed by atoms with van der Waals surface area (Å²) in [4.78, 5) is 19.0. The molecule has 0 saturated carbocycles. The third-order valence-electron chi connectivity index (χ3n) is 4.01. The summed E-state index contributed by atoms with van der Waals surface area (Å²) in [5, 5.41) is 3.03. The molecule has 1 aromatic carbocycles. The van der Waals surface area contributed by atoms with Crippen molar-refractivity contribution in [2.75, 3.05) is 6.54 Å². The molecular weight excluding hydrogens is 288 g/mol. The van der Waals surface area contributed by atoms with Gasteiger partial charge in [0.15, 0.2) is 0 Å². The van der Waals surface area contributed by atoms with E-state index in [-0.39, 0.29) is 11.6 Å². The molecule has 2 aromatic rings. The van der Waals surface area contributed by atoms with Crippen LogP contribution in [0.3, 0.4) is 0 Å². The van der Waals surface area contributed by atoms with E-state index in [9.17, 15) is 4.79 Å². The van der Waals surface area contributed by atoms with Crippen LogP contribution in [0.2, 0.25) is 0 Å². The summed E-state index contributed by atoms with van der Waals surface area (Å²) < 4.78 is 2.24. The Morgan fingerprint density at radius 2 is 1.87 bits per heavy atom. The minimum Gasteiger partial charge on any atom is -0.333 e. The highest BCUT2D eigenvalue weighted by Gasteiger charge is 2.27. The van der Waals surface area contributed by atoms with Crippen molar-refractivity contribution in [3.8, 4) is 11.4 Å². The number of amides is 2. The van der Waals surface area contributed by atoms with Gasteiger partial charge in [0.25, 0.3) is 0 Å². The molecule has 0 aliphatic carbocycles. The van der Waals surface area contributed by atoms with Crippen molar-refractivity contribution in [2.45, 2.75) is 46.3 Å². The summed E-state index contributed by atoms with van der Waals surface area (Å²) in [6.45, 7) is 10.1. The lowest BCUT2D eigenvalue weighted by molar-refractivity contribution is 0.175. The number of hydrogen-bond donors (Lipinski definition) is 1. The fraction of sp³-hybridized carbons (Fsp3) is 0.444. The number of nitrogens with one attached hydrogen (secondary N) is 1. The fourth-order valence-electron chi connectivity index (χ4n) is 2.91. The number of benzene rings is 1. The zero-order valence-corrected chi connectivity index (χ0v) is 14.3. The van der Waals surface area contributed by atoms with Crippen LogP contribution < -0.4 is 5.32 Å². The molecule has 5 nitrogen and oxygen atoms in total. The molecule has 0 radical (unpaired) electrons. The molecule has 0 saturated heterocycles. The first-order valence-corrected chi connectivity index (χ1v) is 8.04. The molecule has 122 valence electrons. The van der Waals surface area contributed by atoms with Gasteiger partial charge >= 0.3 is 6.03 Å². The summed E-state index contributed by atoms with van der Waals surface area (Å²) in [7, 11) is 0. The van der Waals surface area contributed by atoms with E-state index in [1.165, 1.54) is 0 Å². The van der Waals surface area contributed by atoms with Gasteiger partial charge in [-0.05, 0) is 27.7 Å². The van der Waals surface area contributed by atoms with Crippen molar-refractivity contribution < 1.29 is 4.79 Å². The van der Waals surface area contributed by atoms with Crippen LogP contribution >= 0.6 is 0 Å². The quantitative estimate of drug-likeness (QED) is 0.879. The molecule has 2 amide bonds. The second-order valence-corrected chi connectivity index (χ2v) is 7.09. The van der Waals surface area contributed by atoms with Crippen molar-refractivity contribution in [2.24, 2.45) is 0 Å². The molecule has 1 aromatic heterocycles. The highest BCUT2D eigenvalue weighted by Crippen LogP contribution is 2.26. The number of fused-ring (bicyclic) bond motifs is 1. The van der Waals surface area contributed by atoms with E-state index >= 15 is 0 Å². The van der Waals surface area contributed by atoms with Crippen molar-refractivity contribution in [1.82, 2.24) is 19.8 Å². The molecule has 1 aliphatic rings. The molecule has 23 heavy (non-hydrogen) atoms. The standard InChI is InChI=1S/C18H24N4O/c1-13-15-12-21(17(23)20-18(2,3)4)10-11-22(15)16(19-13)14-8-6-5-7-9-14/h5-9H,10-12H2,1-4H3,(H,20,23). The number of urea groups is 1. The molecule has 3 rings (SSSR count). The molecular formula is C18H24N4O. The molecule has 0 atom stereocenters. The second-order valence-electron chi connectivity index (χ2n) is 7.09. The number of carbonyl (C=O) groups is 1. The zero-order chi connectivity index (χ0) is 16.6. The molecule has 1 aliphatic heterocycles. The maximum atomic E-state index is 12.4. The maximum absolute atomic E-state index is 12.4. The first-order valence-electron chi connectivity index (χ1n) is 8.04. The van der Waals surface area contributed by atoms with Crippen molar-refractivity contribution >= 4 is 6.03 Å². The van der Waals surface area contributed by atoms with Crippen LogP contribution in [0.5, 0.6) is 0 Å². The lowest BCUT2D eigenvalue weighted by atomic mass is 10.1. The van der Waals surface area contributed by atoms with Gasteiger partial charge in [-0.25, -0.2) is 9.78 Å². The maximum Gasteiger partial charge on any atom is 0.318 e. The van der Waals surface area contributed by atoms with Crippen LogP contribution in [0, 0.1) is 6.92 Å². The number of aromatic nitrogens is 2. The third kappa shape index (κ3) is 3.23. The van der Waals surface area contributed by atoms with Crippen LogP contribution in [0.25, 0.3) is 11.4 Å². The Kier molecular flexibility index (Phi) is 3.88. The Morgan fingerprint density at radius 3 is 2.52 bits per heavy atom. The Balaban J connectivity index is 1.85. The van der Waals surface area contributed by atoms with E-state index in [1.807, 2.05) is 50.8 Å². The van der Waals surface area contributed by atoms with Gasteiger partial charge in [0.05, 0.1) is 17.9 Å². The van der Waals surface area contributed by atoms with Gasteiger partial charge in [-0.1, -0.05) is 30.3 Å². The van der Waals surface area contributed by atoms with E-state index in [0.29, 0.717) is 13.1 Å². The number of nitrogens with zero attached hydrogens (tertiary/aromatic N) is 3. The van der Waals surface area contributed by atoms with Gasteiger partial charge in [0, 0.05) is 24.2 Å². The minimum absolute atomic E-state index is 0.00869. The second kappa shape index (κ2) is 5.72. The van der Waals surface area contributed by atoms with E-state index in [4.69, 9.17) is 4.98 Å².